The molecule has 0 amide bonds. The molecule has 1 aromatic carbocycles. The lowest BCUT2D eigenvalue weighted by Gasteiger charge is -2.05. The number of rotatable bonds is 4. The van der Waals surface area contributed by atoms with Gasteiger partial charge in [0.1, 0.15) is 5.75 Å². The number of benzene rings is 1. The molecular weight excluding hydrogens is 152 g/mol. The molecule has 0 aromatic heterocycles. The van der Waals surface area contributed by atoms with E-state index in [0.717, 1.165) is 11.4 Å². The van der Waals surface area contributed by atoms with Crippen LogP contribution in [0.5, 0.6) is 5.75 Å². The van der Waals surface area contributed by atoms with Crippen LogP contribution in [-0.4, -0.2) is 13.7 Å². The summed E-state index contributed by atoms with van der Waals surface area (Å²) in [6, 6.07) is 7.79. The van der Waals surface area contributed by atoms with E-state index in [4.69, 9.17) is 4.74 Å². The van der Waals surface area contributed by atoms with E-state index < -0.39 is 0 Å². The molecule has 12 heavy (non-hydrogen) atoms. The quantitative estimate of drug-likeness (QED) is 0.667. The summed E-state index contributed by atoms with van der Waals surface area (Å²) in [5, 5.41) is 0. The molecule has 2 N–H and O–H groups in total. The van der Waals surface area contributed by atoms with E-state index in [0.29, 0.717) is 6.61 Å². The van der Waals surface area contributed by atoms with Gasteiger partial charge in [0.05, 0.1) is 6.61 Å². The Morgan fingerprint density at radius 3 is 2.42 bits per heavy atom. The van der Waals surface area contributed by atoms with Crippen LogP contribution < -0.4 is 15.6 Å². The summed E-state index contributed by atoms with van der Waals surface area (Å²) in [6.45, 7) is 2.68. The molecule has 66 valence electrons. The van der Waals surface area contributed by atoms with Crippen molar-refractivity contribution in [2.24, 2.45) is 0 Å². The van der Waals surface area contributed by atoms with Gasteiger partial charge in [0.25, 0.3) is 0 Å². The largest absolute Gasteiger partial charge is 0.494 e. The number of hydrogen-bond donors (Lipinski definition) is 2. The van der Waals surface area contributed by atoms with Gasteiger partial charge in [-0.1, -0.05) is 0 Å². The predicted molar refractivity (Wildman–Crippen MR) is 50.3 cm³/mol. The summed E-state index contributed by atoms with van der Waals surface area (Å²) >= 11 is 0. The van der Waals surface area contributed by atoms with Crippen LogP contribution in [0.25, 0.3) is 0 Å². The first-order chi connectivity index (χ1) is 5.86. The second-order valence-corrected chi connectivity index (χ2v) is 2.33. The Morgan fingerprint density at radius 2 is 1.92 bits per heavy atom. The maximum atomic E-state index is 5.29. The first-order valence-electron chi connectivity index (χ1n) is 4.02. The molecule has 0 aliphatic heterocycles. The molecule has 0 fully saturated rings. The molecule has 0 atom stereocenters. The molecule has 0 saturated carbocycles. The van der Waals surface area contributed by atoms with Crippen molar-refractivity contribution in [3.63, 3.8) is 0 Å². The van der Waals surface area contributed by atoms with E-state index in [-0.39, 0.29) is 0 Å². The highest BCUT2D eigenvalue weighted by Crippen LogP contribution is 2.14. The van der Waals surface area contributed by atoms with Crippen LogP contribution in [0.15, 0.2) is 24.3 Å². The number of anilines is 1. The zero-order chi connectivity index (χ0) is 8.81. The van der Waals surface area contributed by atoms with E-state index >= 15 is 0 Å². The average molecular weight is 166 g/mol. The smallest absolute Gasteiger partial charge is 0.119 e. The van der Waals surface area contributed by atoms with Crippen LogP contribution in [-0.2, 0) is 0 Å². The van der Waals surface area contributed by atoms with Crippen molar-refractivity contribution in [2.75, 3.05) is 19.1 Å². The van der Waals surface area contributed by atoms with Crippen LogP contribution in [0.2, 0.25) is 0 Å². The molecule has 3 nitrogen and oxygen atoms in total. The second kappa shape index (κ2) is 4.62. The van der Waals surface area contributed by atoms with Crippen molar-refractivity contribution in [1.82, 2.24) is 5.43 Å². The molecule has 0 heterocycles. The van der Waals surface area contributed by atoms with Gasteiger partial charge in [-0.3, -0.25) is 0 Å². The lowest BCUT2D eigenvalue weighted by atomic mass is 10.3. The minimum absolute atomic E-state index is 0.707. The zero-order valence-electron chi connectivity index (χ0n) is 7.42. The molecule has 3 heteroatoms. The minimum Gasteiger partial charge on any atom is -0.494 e. The summed E-state index contributed by atoms with van der Waals surface area (Å²) in [5.74, 6) is 0.902. The Morgan fingerprint density at radius 1 is 1.25 bits per heavy atom. The Labute approximate surface area is 72.7 Å². The summed E-state index contributed by atoms with van der Waals surface area (Å²) in [4.78, 5) is 0. The standard InChI is InChI=1S/C9H14N2O/c1-3-12-9-6-4-8(5-7-9)11-10-2/h4-7,10-11H,3H2,1-2H3. The van der Waals surface area contributed by atoms with Crippen molar-refractivity contribution in [3.8, 4) is 5.75 Å². The van der Waals surface area contributed by atoms with Gasteiger partial charge in [-0.25, -0.2) is 5.43 Å². The van der Waals surface area contributed by atoms with Gasteiger partial charge in [0, 0.05) is 12.7 Å². The van der Waals surface area contributed by atoms with Crippen LogP contribution in [0.4, 0.5) is 5.69 Å². The van der Waals surface area contributed by atoms with Gasteiger partial charge < -0.3 is 10.2 Å². The van der Waals surface area contributed by atoms with Gasteiger partial charge in [-0.05, 0) is 31.2 Å². The molecule has 0 radical (unpaired) electrons. The molecule has 1 aromatic rings. The van der Waals surface area contributed by atoms with Crippen LogP contribution >= 0.6 is 0 Å². The number of hydrogen-bond acceptors (Lipinski definition) is 3. The van der Waals surface area contributed by atoms with Gasteiger partial charge in [-0.2, -0.15) is 0 Å². The monoisotopic (exact) mass is 166 g/mol. The lowest BCUT2D eigenvalue weighted by molar-refractivity contribution is 0.340. The minimum atomic E-state index is 0.707. The lowest BCUT2D eigenvalue weighted by Crippen LogP contribution is -2.14. The van der Waals surface area contributed by atoms with Crippen LogP contribution in [0.3, 0.4) is 0 Å². The maximum Gasteiger partial charge on any atom is 0.119 e. The van der Waals surface area contributed by atoms with Crippen LogP contribution in [0.1, 0.15) is 6.92 Å². The predicted octanol–water partition coefficient (Wildman–Crippen LogP) is 1.63. The molecule has 0 aliphatic carbocycles. The van der Waals surface area contributed by atoms with Gasteiger partial charge in [0.2, 0.25) is 0 Å². The molecule has 0 spiro atoms. The molecule has 0 saturated heterocycles. The molecule has 0 bridgehead atoms. The fourth-order valence-corrected chi connectivity index (χ4v) is 0.945. The van der Waals surface area contributed by atoms with E-state index in [9.17, 15) is 0 Å². The van der Waals surface area contributed by atoms with Crippen molar-refractivity contribution < 1.29 is 4.74 Å². The van der Waals surface area contributed by atoms with Gasteiger partial charge in [-0.15, -0.1) is 0 Å². The topological polar surface area (TPSA) is 33.3 Å². The summed E-state index contributed by atoms with van der Waals surface area (Å²) in [7, 11) is 1.83. The number of hydrazine groups is 1. The van der Waals surface area contributed by atoms with Gasteiger partial charge >= 0.3 is 0 Å². The van der Waals surface area contributed by atoms with E-state index in [1.165, 1.54) is 0 Å². The Bertz CT molecular complexity index is 195. The third kappa shape index (κ3) is 2.43. The van der Waals surface area contributed by atoms with Crippen LogP contribution in [0, 0.1) is 0 Å². The van der Waals surface area contributed by atoms with Crippen molar-refractivity contribution in [2.45, 2.75) is 6.92 Å². The summed E-state index contributed by atoms with van der Waals surface area (Å²) in [6.07, 6.45) is 0. The maximum absolute atomic E-state index is 5.29. The first-order valence-corrected chi connectivity index (χ1v) is 4.02. The van der Waals surface area contributed by atoms with Gasteiger partial charge in [0.15, 0.2) is 0 Å². The fraction of sp³-hybridized carbons (Fsp3) is 0.333. The fourth-order valence-electron chi connectivity index (χ4n) is 0.945. The Hall–Kier alpha value is -1.22. The average Bonchev–Trinajstić information content (AvgIpc) is 2.09. The van der Waals surface area contributed by atoms with Crippen molar-refractivity contribution in [3.05, 3.63) is 24.3 Å². The van der Waals surface area contributed by atoms with E-state index in [1.807, 2.05) is 38.2 Å². The normalized spacial score (nSPS) is 9.50. The van der Waals surface area contributed by atoms with Crippen molar-refractivity contribution in [1.29, 1.82) is 0 Å². The Kier molecular flexibility index (Phi) is 3.41. The molecule has 1 rings (SSSR count). The third-order valence-corrected chi connectivity index (χ3v) is 1.43. The summed E-state index contributed by atoms with van der Waals surface area (Å²) in [5.41, 5.74) is 6.84. The highest BCUT2D eigenvalue weighted by Gasteiger charge is 1.91. The zero-order valence-corrected chi connectivity index (χ0v) is 7.42. The van der Waals surface area contributed by atoms with Crippen molar-refractivity contribution >= 4 is 5.69 Å². The SMILES string of the molecule is CCOc1ccc(NNC)cc1. The summed E-state index contributed by atoms with van der Waals surface area (Å²) < 4.78 is 5.29. The number of nitrogens with one attached hydrogen (secondary N) is 2. The molecular formula is C9H14N2O. The molecule has 0 aliphatic rings. The Balaban J connectivity index is 2.58. The highest BCUT2D eigenvalue weighted by molar-refractivity contribution is 5.45. The number of ether oxygens (including phenoxy) is 1. The second-order valence-electron chi connectivity index (χ2n) is 2.33. The molecule has 0 unspecified atom stereocenters. The third-order valence-electron chi connectivity index (χ3n) is 1.43. The first kappa shape index (κ1) is 8.87. The highest BCUT2D eigenvalue weighted by atomic mass is 16.5. The van der Waals surface area contributed by atoms with E-state index in [2.05, 4.69) is 10.9 Å². The van der Waals surface area contributed by atoms with E-state index in [1.54, 1.807) is 0 Å².